The molecule has 0 radical (unpaired) electrons. The Labute approximate surface area is 173 Å². The Morgan fingerprint density at radius 3 is 2.38 bits per heavy atom. The quantitative estimate of drug-likeness (QED) is 0.695. The van der Waals surface area contributed by atoms with Gasteiger partial charge in [0.15, 0.2) is 11.5 Å². The average molecular weight is 410 g/mol. The molecule has 0 bridgehead atoms. The van der Waals surface area contributed by atoms with E-state index < -0.39 is 0 Å². The molecule has 6 nitrogen and oxygen atoms in total. The van der Waals surface area contributed by atoms with Gasteiger partial charge in [-0.15, -0.1) is 11.3 Å². The maximum atomic E-state index is 10.3. The normalized spacial score (nSPS) is 17.0. The van der Waals surface area contributed by atoms with Crippen molar-refractivity contribution in [3.63, 3.8) is 0 Å². The minimum Gasteiger partial charge on any atom is -0.507 e. The molecule has 3 aromatic rings. The summed E-state index contributed by atoms with van der Waals surface area (Å²) < 4.78 is 10.8. The van der Waals surface area contributed by atoms with Gasteiger partial charge in [-0.3, -0.25) is 9.80 Å². The highest BCUT2D eigenvalue weighted by Gasteiger charge is 2.22. The van der Waals surface area contributed by atoms with E-state index in [2.05, 4.69) is 27.3 Å². The number of benzene rings is 2. The molecule has 1 fully saturated rings. The van der Waals surface area contributed by atoms with Crippen LogP contribution in [0.2, 0.25) is 0 Å². The van der Waals surface area contributed by atoms with Gasteiger partial charge >= 0.3 is 0 Å². The lowest BCUT2D eigenvalue weighted by Crippen LogP contribution is -2.45. The van der Waals surface area contributed by atoms with Crippen LogP contribution in [-0.2, 0) is 13.1 Å². The van der Waals surface area contributed by atoms with E-state index >= 15 is 0 Å². The van der Waals surface area contributed by atoms with E-state index in [-0.39, 0.29) is 12.5 Å². The van der Waals surface area contributed by atoms with Gasteiger partial charge in [-0.05, 0) is 6.07 Å². The van der Waals surface area contributed by atoms with Gasteiger partial charge in [0.25, 0.3) is 0 Å². The van der Waals surface area contributed by atoms with Crippen molar-refractivity contribution >= 4 is 11.3 Å². The molecule has 150 valence electrons. The van der Waals surface area contributed by atoms with Gasteiger partial charge in [0.05, 0.1) is 5.69 Å². The lowest BCUT2D eigenvalue weighted by molar-refractivity contribution is 0.120. The summed E-state index contributed by atoms with van der Waals surface area (Å²) in [5.41, 5.74) is 3.20. The van der Waals surface area contributed by atoms with Crippen LogP contribution in [0.3, 0.4) is 0 Å². The summed E-state index contributed by atoms with van der Waals surface area (Å²) in [5, 5.41) is 13.5. The van der Waals surface area contributed by atoms with Crippen LogP contribution in [0.25, 0.3) is 10.6 Å². The first-order valence-corrected chi connectivity index (χ1v) is 10.7. The Morgan fingerprint density at radius 1 is 0.931 bits per heavy atom. The zero-order chi connectivity index (χ0) is 19.6. The summed E-state index contributed by atoms with van der Waals surface area (Å²) in [5.74, 6) is 1.61. The zero-order valence-corrected chi connectivity index (χ0v) is 16.9. The van der Waals surface area contributed by atoms with E-state index in [1.165, 1.54) is 5.56 Å². The Morgan fingerprint density at radius 2 is 1.62 bits per heavy atom. The van der Waals surface area contributed by atoms with Gasteiger partial charge in [0.1, 0.15) is 10.8 Å². The van der Waals surface area contributed by atoms with Gasteiger partial charge in [0, 0.05) is 61.8 Å². The molecule has 0 unspecified atom stereocenters. The third kappa shape index (κ3) is 4.07. The Bertz CT molecular complexity index is 984. The number of rotatable bonds is 5. The van der Waals surface area contributed by atoms with E-state index in [9.17, 15) is 5.11 Å². The zero-order valence-electron chi connectivity index (χ0n) is 16.1. The number of thiazole rings is 1. The summed E-state index contributed by atoms with van der Waals surface area (Å²) in [6, 6.07) is 13.9. The van der Waals surface area contributed by atoms with Crippen molar-refractivity contribution in [2.24, 2.45) is 0 Å². The molecular formula is C22H23N3O3S. The highest BCUT2D eigenvalue weighted by Crippen LogP contribution is 2.38. The van der Waals surface area contributed by atoms with E-state index in [0.717, 1.165) is 49.0 Å². The Hall–Kier alpha value is -2.61. The third-order valence-electron chi connectivity index (χ3n) is 5.39. The van der Waals surface area contributed by atoms with Crippen molar-refractivity contribution in [1.29, 1.82) is 0 Å². The molecule has 1 saturated heterocycles. The maximum absolute atomic E-state index is 10.3. The number of hydrogen-bond donors (Lipinski definition) is 1. The van der Waals surface area contributed by atoms with Crippen molar-refractivity contribution in [2.45, 2.75) is 13.1 Å². The lowest BCUT2D eigenvalue weighted by atomic mass is 10.1. The molecular weight excluding hydrogens is 386 g/mol. The van der Waals surface area contributed by atoms with Crippen molar-refractivity contribution < 1.29 is 14.6 Å². The van der Waals surface area contributed by atoms with Crippen LogP contribution in [-0.4, -0.2) is 52.9 Å². The predicted octanol–water partition coefficient (Wildman–Crippen LogP) is 3.56. The van der Waals surface area contributed by atoms with Crippen molar-refractivity contribution in [3.8, 4) is 27.8 Å². The summed E-state index contributed by atoms with van der Waals surface area (Å²) in [6.07, 6.45) is 0. The second-order valence-corrected chi connectivity index (χ2v) is 8.25. The first kappa shape index (κ1) is 18.4. The number of ether oxygens (including phenoxy) is 2. The number of aromatic nitrogens is 1. The maximum Gasteiger partial charge on any atom is 0.231 e. The van der Waals surface area contributed by atoms with Gasteiger partial charge in [-0.2, -0.15) is 0 Å². The number of hydrogen-bond acceptors (Lipinski definition) is 7. The minimum atomic E-state index is 0.222. The number of phenolic OH excluding ortho intramolecular Hbond substituents is 1. The van der Waals surface area contributed by atoms with E-state index in [1.807, 2.05) is 24.3 Å². The molecule has 7 heteroatoms. The standard InChI is InChI=1S/C22H23N3O3S/c26-19-11-21-20(27-15-28-21)10-17(19)12-24-6-8-25(9-7-24)13-18-14-29-22(23-18)16-4-2-1-3-5-16/h1-5,10-11,14,26H,6-9,12-13,15H2. The molecule has 3 heterocycles. The second-order valence-electron chi connectivity index (χ2n) is 7.40. The largest absolute Gasteiger partial charge is 0.507 e. The Kier molecular flexibility index (Phi) is 5.10. The van der Waals surface area contributed by atoms with E-state index in [0.29, 0.717) is 18.0 Å². The van der Waals surface area contributed by atoms with E-state index in [4.69, 9.17) is 14.5 Å². The van der Waals surface area contributed by atoms with Crippen LogP contribution >= 0.6 is 11.3 Å². The second kappa shape index (κ2) is 8.02. The van der Waals surface area contributed by atoms with E-state index in [1.54, 1.807) is 17.4 Å². The molecule has 0 aliphatic carbocycles. The summed E-state index contributed by atoms with van der Waals surface area (Å²) in [7, 11) is 0. The monoisotopic (exact) mass is 409 g/mol. The topological polar surface area (TPSA) is 58.1 Å². The fourth-order valence-electron chi connectivity index (χ4n) is 3.77. The first-order valence-electron chi connectivity index (χ1n) is 9.80. The molecule has 29 heavy (non-hydrogen) atoms. The summed E-state index contributed by atoms with van der Waals surface area (Å²) in [6.45, 7) is 5.72. The number of aromatic hydroxyl groups is 1. The van der Waals surface area contributed by atoms with Gasteiger partial charge in [0.2, 0.25) is 6.79 Å². The molecule has 2 aliphatic heterocycles. The Balaban J connectivity index is 1.16. The highest BCUT2D eigenvalue weighted by atomic mass is 32.1. The predicted molar refractivity (Wildman–Crippen MR) is 112 cm³/mol. The first-order chi connectivity index (χ1) is 14.2. The third-order valence-corrected chi connectivity index (χ3v) is 6.33. The number of fused-ring (bicyclic) bond motifs is 1. The van der Waals surface area contributed by atoms with Gasteiger partial charge < -0.3 is 14.6 Å². The molecule has 0 amide bonds. The molecule has 1 aromatic heterocycles. The van der Waals surface area contributed by atoms with Gasteiger partial charge in [-0.25, -0.2) is 4.98 Å². The number of phenols is 1. The highest BCUT2D eigenvalue weighted by molar-refractivity contribution is 7.13. The average Bonchev–Trinajstić information content (AvgIpc) is 3.40. The molecule has 0 spiro atoms. The number of piperazine rings is 1. The smallest absolute Gasteiger partial charge is 0.231 e. The molecule has 5 rings (SSSR count). The molecule has 0 atom stereocenters. The van der Waals surface area contributed by atoms with Crippen LogP contribution in [0.5, 0.6) is 17.2 Å². The molecule has 2 aromatic carbocycles. The molecule has 0 saturated carbocycles. The molecule has 2 aliphatic rings. The van der Waals surface area contributed by atoms with Gasteiger partial charge in [-0.1, -0.05) is 30.3 Å². The fourth-order valence-corrected chi connectivity index (χ4v) is 4.59. The van der Waals surface area contributed by atoms with Crippen LogP contribution < -0.4 is 9.47 Å². The molecule has 1 N–H and O–H groups in total. The van der Waals surface area contributed by atoms with Crippen LogP contribution in [0.4, 0.5) is 0 Å². The van der Waals surface area contributed by atoms with Crippen LogP contribution in [0.15, 0.2) is 47.8 Å². The van der Waals surface area contributed by atoms with Crippen molar-refractivity contribution in [1.82, 2.24) is 14.8 Å². The van der Waals surface area contributed by atoms with Crippen molar-refractivity contribution in [3.05, 3.63) is 59.1 Å². The van der Waals surface area contributed by atoms with Crippen molar-refractivity contribution in [2.75, 3.05) is 33.0 Å². The summed E-state index contributed by atoms with van der Waals surface area (Å²) >= 11 is 1.71. The SMILES string of the molecule is Oc1cc2c(cc1CN1CCN(Cc3csc(-c4ccccc4)n3)CC1)OCO2. The minimum absolute atomic E-state index is 0.222. The fraction of sp³-hybridized carbons (Fsp3) is 0.318. The number of nitrogens with zero attached hydrogens (tertiary/aromatic N) is 3. The van der Waals surface area contributed by atoms with Crippen LogP contribution in [0, 0.1) is 0 Å². The van der Waals surface area contributed by atoms with Crippen LogP contribution in [0.1, 0.15) is 11.3 Å². The lowest BCUT2D eigenvalue weighted by Gasteiger charge is -2.34. The summed E-state index contributed by atoms with van der Waals surface area (Å²) in [4.78, 5) is 9.62.